The number of phenolic OH excluding ortho intramolecular Hbond substituents is 1. The van der Waals surface area contributed by atoms with E-state index in [1.165, 1.54) is 18.5 Å². The van der Waals surface area contributed by atoms with E-state index in [-0.39, 0.29) is 0 Å². The summed E-state index contributed by atoms with van der Waals surface area (Å²) in [5.41, 5.74) is 10.2. The van der Waals surface area contributed by atoms with Crippen molar-refractivity contribution in [3.05, 3.63) is 90.0 Å². The van der Waals surface area contributed by atoms with Crippen LogP contribution in [0.25, 0.3) is 28.0 Å². The molecule has 0 aliphatic carbocycles. The Kier molecular flexibility index (Phi) is 6.53. The Hall–Kier alpha value is -5.12. The molecule has 0 radical (unpaired) electrons. The average molecular weight is 514 g/mol. The lowest BCUT2D eigenvalue weighted by molar-refractivity contribution is 0.211. The number of carbonyl (C=O) groups is 1. The third kappa shape index (κ3) is 4.66. The molecule has 0 unspecified atom stereocenters. The number of amides is 1. The van der Waals surface area contributed by atoms with Gasteiger partial charge in [0.2, 0.25) is 0 Å². The number of nitrogens with zero attached hydrogens (tertiary/aromatic N) is 3. The van der Waals surface area contributed by atoms with Crippen LogP contribution in [0.2, 0.25) is 0 Å². The summed E-state index contributed by atoms with van der Waals surface area (Å²) in [6.45, 7) is 2.39. The fourth-order valence-corrected chi connectivity index (χ4v) is 4.35. The van der Waals surface area contributed by atoms with Crippen molar-refractivity contribution in [2.24, 2.45) is 5.73 Å². The molecule has 192 valence electrons. The number of anilines is 1. The monoisotopic (exact) mass is 513 g/mol. The minimum atomic E-state index is -0.912. The van der Waals surface area contributed by atoms with E-state index in [1.54, 1.807) is 37.4 Å². The van der Waals surface area contributed by atoms with Crippen molar-refractivity contribution >= 4 is 22.9 Å². The number of fused-ring (bicyclic) bond motifs is 1. The number of carbonyl (C=O) groups excluding carboxylic acids is 1. The molecule has 3 aromatic carbocycles. The molecule has 38 heavy (non-hydrogen) atoms. The lowest BCUT2D eigenvalue weighted by Gasteiger charge is -2.15. The Bertz CT molecular complexity index is 1630. The molecule has 0 bridgehead atoms. The summed E-state index contributed by atoms with van der Waals surface area (Å²) >= 11 is 0. The highest BCUT2D eigenvalue weighted by Gasteiger charge is 2.22. The summed E-state index contributed by atoms with van der Waals surface area (Å²) in [5, 5.41) is 13.2. The van der Waals surface area contributed by atoms with Gasteiger partial charge in [0.1, 0.15) is 23.3 Å². The Morgan fingerprint density at radius 3 is 2.42 bits per heavy atom. The van der Waals surface area contributed by atoms with Gasteiger partial charge in [-0.05, 0) is 66.6 Å². The standard InChI is InChI=1S/C28H24FN5O4/c1-16-24-26(27(33-15-32-24)31-14-17-3-8-20(37-2)9-4-17)34(19-7-12-23(35)22(29)13-19)25(16)18-5-10-21(11-6-18)38-28(30)36/h3-13,15,35H,14H2,1-2H3,(H2,30,36)(H,31,32,33). The third-order valence-electron chi connectivity index (χ3n) is 6.13. The minimum absolute atomic E-state index is 0.291. The molecule has 2 heterocycles. The SMILES string of the molecule is COc1ccc(CNc2ncnc3c(C)c(-c4ccc(OC(N)=O)cc4)n(-c4ccc(O)c(F)c4)c23)cc1. The number of ether oxygens (including phenoxy) is 2. The molecule has 9 nitrogen and oxygen atoms in total. The van der Waals surface area contributed by atoms with E-state index in [2.05, 4.69) is 15.3 Å². The maximum Gasteiger partial charge on any atom is 0.409 e. The molecular formula is C28H24FN5O4. The van der Waals surface area contributed by atoms with E-state index < -0.39 is 17.7 Å². The first-order chi connectivity index (χ1) is 18.4. The molecular weight excluding hydrogens is 489 g/mol. The first-order valence-corrected chi connectivity index (χ1v) is 11.6. The quantitative estimate of drug-likeness (QED) is 0.269. The number of benzene rings is 3. The van der Waals surface area contributed by atoms with E-state index >= 15 is 0 Å². The van der Waals surface area contributed by atoms with Crippen molar-refractivity contribution in [1.29, 1.82) is 0 Å². The zero-order valence-electron chi connectivity index (χ0n) is 20.6. The van der Waals surface area contributed by atoms with Crippen LogP contribution < -0.4 is 20.5 Å². The van der Waals surface area contributed by atoms with Crippen molar-refractivity contribution in [2.45, 2.75) is 13.5 Å². The van der Waals surface area contributed by atoms with E-state index in [9.17, 15) is 14.3 Å². The molecule has 0 atom stereocenters. The van der Waals surface area contributed by atoms with E-state index in [0.29, 0.717) is 34.8 Å². The van der Waals surface area contributed by atoms with E-state index in [4.69, 9.17) is 15.2 Å². The number of halogens is 1. The number of aromatic nitrogens is 3. The second kappa shape index (κ2) is 10.1. The summed E-state index contributed by atoms with van der Waals surface area (Å²) in [6.07, 6.45) is 0.562. The number of methoxy groups -OCH3 is 1. The van der Waals surface area contributed by atoms with Gasteiger partial charge in [0.05, 0.1) is 18.3 Å². The van der Waals surface area contributed by atoms with Gasteiger partial charge in [0, 0.05) is 23.9 Å². The van der Waals surface area contributed by atoms with Gasteiger partial charge in [-0.2, -0.15) is 0 Å². The van der Waals surface area contributed by atoms with Gasteiger partial charge in [-0.3, -0.25) is 0 Å². The zero-order chi connectivity index (χ0) is 26.8. The van der Waals surface area contributed by atoms with Gasteiger partial charge in [0.25, 0.3) is 0 Å². The Morgan fingerprint density at radius 2 is 1.76 bits per heavy atom. The highest BCUT2D eigenvalue weighted by Crippen LogP contribution is 2.38. The van der Waals surface area contributed by atoms with Gasteiger partial charge in [0.15, 0.2) is 17.4 Å². The Balaban J connectivity index is 1.67. The van der Waals surface area contributed by atoms with Crippen LogP contribution in [0.3, 0.4) is 0 Å². The zero-order valence-corrected chi connectivity index (χ0v) is 20.6. The van der Waals surface area contributed by atoms with Crippen LogP contribution in [0, 0.1) is 12.7 Å². The second-order valence-electron chi connectivity index (χ2n) is 8.51. The van der Waals surface area contributed by atoms with E-state index in [1.807, 2.05) is 35.8 Å². The summed E-state index contributed by atoms with van der Waals surface area (Å²) in [4.78, 5) is 20.2. The molecule has 0 saturated heterocycles. The lowest BCUT2D eigenvalue weighted by Crippen LogP contribution is -2.16. The molecule has 0 aliphatic rings. The second-order valence-corrected chi connectivity index (χ2v) is 8.51. The van der Waals surface area contributed by atoms with Crippen LogP contribution in [0.5, 0.6) is 17.2 Å². The van der Waals surface area contributed by atoms with Crippen molar-refractivity contribution in [2.75, 3.05) is 12.4 Å². The molecule has 0 fully saturated rings. The average Bonchev–Trinajstić information content (AvgIpc) is 3.22. The predicted octanol–water partition coefficient (Wildman–Crippen LogP) is 5.32. The largest absolute Gasteiger partial charge is 0.505 e. The van der Waals surface area contributed by atoms with Crippen LogP contribution in [0.15, 0.2) is 73.1 Å². The molecule has 5 rings (SSSR count). The number of aryl methyl sites for hydroxylation is 1. The van der Waals surface area contributed by atoms with Gasteiger partial charge in [-0.15, -0.1) is 0 Å². The smallest absolute Gasteiger partial charge is 0.409 e. The predicted molar refractivity (Wildman–Crippen MR) is 141 cm³/mol. The highest BCUT2D eigenvalue weighted by atomic mass is 19.1. The van der Waals surface area contributed by atoms with E-state index in [0.717, 1.165) is 28.1 Å². The number of aromatic hydroxyl groups is 1. The maximum atomic E-state index is 14.5. The number of primary amides is 1. The number of phenols is 1. The van der Waals surface area contributed by atoms with Crippen molar-refractivity contribution in [3.8, 4) is 34.2 Å². The molecule has 1 amide bonds. The summed E-state index contributed by atoms with van der Waals surface area (Å²) in [7, 11) is 1.61. The summed E-state index contributed by atoms with van der Waals surface area (Å²) in [6, 6.07) is 18.6. The summed E-state index contributed by atoms with van der Waals surface area (Å²) < 4.78 is 26.6. The fourth-order valence-electron chi connectivity index (χ4n) is 4.35. The normalized spacial score (nSPS) is 10.9. The molecule has 0 spiro atoms. The molecule has 10 heteroatoms. The fraction of sp³-hybridized carbons (Fsp3) is 0.107. The lowest BCUT2D eigenvalue weighted by atomic mass is 10.1. The molecule has 0 aliphatic heterocycles. The van der Waals surface area contributed by atoms with Crippen molar-refractivity contribution < 1.29 is 23.8 Å². The van der Waals surface area contributed by atoms with Crippen LogP contribution in [-0.4, -0.2) is 32.8 Å². The van der Waals surface area contributed by atoms with Crippen LogP contribution in [0.1, 0.15) is 11.1 Å². The number of nitrogens with one attached hydrogen (secondary N) is 1. The van der Waals surface area contributed by atoms with Crippen LogP contribution in [-0.2, 0) is 6.54 Å². The van der Waals surface area contributed by atoms with Crippen molar-refractivity contribution in [3.63, 3.8) is 0 Å². The number of nitrogens with two attached hydrogens (primary N) is 1. The number of hydrogen-bond donors (Lipinski definition) is 3. The third-order valence-corrected chi connectivity index (χ3v) is 6.13. The van der Waals surface area contributed by atoms with Gasteiger partial charge >= 0.3 is 6.09 Å². The number of rotatable bonds is 7. The molecule has 0 saturated carbocycles. The Morgan fingerprint density at radius 1 is 1.05 bits per heavy atom. The first kappa shape index (κ1) is 24.6. The van der Waals surface area contributed by atoms with Crippen LogP contribution in [0.4, 0.5) is 15.0 Å². The van der Waals surface area contributed by atoms with Gasteiger partial charge in [-0.1, -0.05) is 12.1 Å². The summed E-state index contributed by atoms with van der Waals surface area (Å²) in [5.74, 6) is 0.378. The topological polar surface area (TPSA) is 125 Å². The molecule has 4 N–H and O–H groups in total. The van der Waals surface area contributed by atoms with Crippen molar-refractivity contribution in [1.82, 2.24) is 14.5 Å². The molecule has 2 aromatic heterocycles. The van der Waals surface area contributed by atoms with Crippen LogP contribution >= 0.6 is 0 Å². The van der Waals surface area contributed by atoms with Gasteiger partial charge in [-0.25, -0.2) is 19.2 Å². The maximum absolute atomic E-state index is 14.5. The minimum Gasteiger partial charge on any atom is -0.505 e. The molecule has 5 aromatic rings. The first-order valence-electron chi connectivity index (χ1n) is 11.6. The number of hydrogen-bond acceptors (Lipinski definition) is 7. The Labute approximate surface area is 217 Å². The van der Waals surface area contributed by atoms with Gasteiger partial charge < -0.3 is 30.2 Å². The highest BCUT2D eigenvalue weighted by molar-refractivity contribution is 5.96.